The molecule has 0 unspecified atom stereocenters. The van der Waals surface area contributed by atoms with Crippen molar-refractivity contribution in [2.45, 2.75) is 46.5 Å². The van der Waals surface area contributed by atoms with Crippen molar-refractivity contribution in [3.05, 3.63) is 76.5 Å². The minimum absolute atomic E-state index is 0.000102. The SMILES string of the molecule is CCOC1=C(C(=O)N2CCC(C3=CC(C)=CCN3c3ccccc3C)CC2)CCC(F)=C1. The Balaban J connectivity index is 1.49. The average molecular weight is 437 g/mol. The molecule has 5 heteroatoms. The summed E-state index contributed by atoms with van der Waals surface area (Å²) < 4.78 is 19.3. The Kier molecular flexibility index (Phi) is 6.83. The number of benzene rings is 1. The van der Waals surface area contributed by atoms with Crippen molar-refractivity contribution in [1.29, 1.82) is 0 Å². The number of hydrogen-bond donors (Lipinski definition) is 0. The lowest BCUT2D eigenvalue weighted by atomic mass is 9.89. The summed E-state index contributed by atoms with van der Waals surface area (Å²) in [5, 5.41) is 0. The molecule has 32 heavy (non-hydrogen) atoms. The first-order chi connectivity index (χ1) is 15.5. The number of anilines is 1. The van der Waals surface area contributed by atoms with Gasteiger partial charge in [0.1, 0.15) is 11.6 Å². The molecule has 4 nitrogen and oxygen atoms in total. The number of nitrogens with zero attached hydrogens (tertiary/aromatic N) is 2. The van der Waals surface area contributed by atoms with Crippen LogP contribution in [0.3, 0.4) is 0 Å². The maximum Gasteiger partial charge on any atom is 0.253 e. The predicted octanol–water partition coefficient (Wildman–Crippen LogP) is 5.82. The van der Waals surface area contributed by atoms with Crippen molar-refractivity contribution in [3.63, 3.8) is 0 Å². The van der Waals surface area contributed by atoms with Gasteiger partial charge in [-0.25, -0.2) is 4.39 Å². The topological polar surface area (TPSA) is 32.8 Å². The largest absolute Gasteiger partial charge is 0.493 e. The highest BCUT2D eigenvalue weighted by Gasteiger charge is 2.32. The minimum Gasteiger partial charge on any atom is -0.493 e. The zero-order chi connectivity index (χ0) is 22.7. The van der Waals surface area contributed by atoms with Gasteiger partial charge in [-0.2, -0.15) is 0 Å². The smallest absolute Gasteiger partial charge is 0.253 e. The lowest BCUT2D eigenvalue weighted by Crippen LogP contribution is -2.42. The highest BCUT2D eigenvalue weighted by molar-refractivity contribution is 5.94. The van der Waals surface area contributed by atoms with Crippen LogP contribution in [0.5, 0.6) is 0 Å². The van der Waals surface area contributed by atoms with Crippen LogP contribution < -0.4 is 4.90 Å². The highest BCUT2D eigenvalue weighted by atomic mass is 19.1. The molecule has 1 saturated heterocycles. The summed E-state index contributed by atoms with van der Waals surface area (Å²) in [6.07, 6.45) is 8.50. The molecule has 1 aromatic rings. The molecule has 2 heterocycles. The van der Waals surface area contributed by atoms with Crippen LogP contribution in [0.25, 0.3) is 0 Å². The van der Waals surface area contributed by atoms with Gasteiger partial charge in [0.15, 0.2) is 0 Å². The van der Waals surface area contributed by atoms with Crippen molar-refractivity contribution < 1.29 is 13.9 Å². The molecule has 2 aliphatic heterocycles. The zero-order valence-electron chi connectivity index (χ0n) is 19.4. The third-order valence-electron chi connectivity index (χ3n) is 6.65. The first-order valence-corrected chi connectivity index (χ1v) is 11.7. The van der Waals surface area contributed by atoms with E-state index in [9.17, 15) is 9.18 Å². The quantitative estimate of drug-likeness (QED) is 0.583. The van der Waals surface area contributed by atoms with Crippen LogP contribution in [-0.4, -0.2) is 37.0 Å². The molecule has 1 fully saturated rings. The van der Waals surface area contributed by atoms with Crippen molar-refractivity contribution >= 4 is 11.6 Å². The molecule has 170 valence electrons. The molecule has 0 spiro atoms. The Bertz CT molecular complexity index is 997. The number of carbonyl (C=O) groups is 1. The molecular formula is C27H33FN2O2. The van der Waals surface area contributed by atoms with Crippen LogP contribution in [0.15, 0.2) is 70.9 Å². The molecule has 4 rings (SSSR count). The second kappa shape index (κ2) is 9.76. The van der Waals surface area contributed by atoms with Crippen LogP contribution in [0, 0.1) is 12.8 Å². The van der Waals surface area contributed by atoms with Gasteiger partial charge in [-0.1, -0.05) is 29.8 Å². The van der Waals surface area contributed by atoms with Crippen LogP contribution >= 0.6 is 0 Å². The fourth-order valence-electron chi connectivity index (χ4n) is 4.89. The van der Waals surface area contributed by atoms with E-state index in [0.717, 1.165) is 19.4 Å². The first-order valence-electron chi connectivity index (χ1n) is 11.7. The summed E-state index contributed by atoms with van der Waals surface area (Å²) in [6.45, 7) is 8.89. The number of carbonyl (C=O) groups excluding carboxylic acids is 1. The molecule has 1 amide bonds. The monoisotopic (exact) mass is 436 g/mol. The van der Waals surface area contributed by atoms with E-state index in [1.54, 1.807) is 0 Å². The minimum atomic E-state index is -0.215. The van der Waals surface area contributed by atoms with Crippen molar-refractivity contribution in [2.24, 2.45) is 5.92 Å². The first kappa shape index (κ1) is 22.4. The normalized spacial score (nSPS) is 20.1. The van der Waals surface area contributed by atoms with Gasteiger partial charge in [0.25, 0.3) is 5.91 Å². The summed E-state index contributed by atoms with van der Waals surface area (Å²) in [6, 6.07) is 8.52. The van der Waals surface area contributed by atoms with Gasteiger partial charge in [0.2, 0.25) is 0 Å². The van der Waals surface area contributed by atoms with Gasteiger partial charge in [-0.05, 0) is 57.7 Å². The summed E-state index contributed by atoms with van der Waals surface area (Å²) in [4.78, 5) is 17.6. The van der Waals surface area contributed by atoms with Crippen molar-refractivity contribution in [1.82, 2.24) is 4.90 Å². The molecule has 0 N–H and O–H groups in total. The third kappa shape index (κ3) is 4.67. The van der Waals surface area contributed by atoms with E-state index in [2.05, 4.69) is 55.2 Å². The molecular weight excluding hydrogens is 403 g/mol. The maximum atomic E-state index is 13.7. The average Bonchev–Trinajstić information content (AvgIpc) is 2.80. The van der Waals surface area contributed by atoms with E-state index in [-0.39, 0.29) is 18.2 Å². The highest BCUT2D eigenvalue weighted by Crippen LogP contribution is 2.36. The standard InChI is InChI=1S/C27H33FN2O2/c1-4-32-26-18-22(28)9-10-23(26)27(31)29-14-12-21(13-15-29)25-17-19(2)11-16-30(25)24-8-6-5-7-20(24)3/h5-8,11,17-18,21H,4,9-10,12-16H2,1-3H3. The van der Waals surface area contributed by atoms with Crippen LogP contribution in [0.4, 0.5) is 10.1 Å². The molecule has 0 atom stereocenters. The van der Waals surface area contributed by atoms with E-state index < -0.39 is 0 Å². The Morgan fingerprint density at radius 2 is 1.88 bits per heavy atom. The number of hydrogen-bond acceptors (Lipinski definition) is 3. The van der Waals surface area contributed by atoms with Gasteiger partial charge in [0, 0.05) is 49.4 Å². The van der Waals surface area contributed by atoms with E-state index in [1.165, 1.54) is 28.6 Å². The fraction of sp³-hybridized carbons (Fsp3) is 0.444. The summed E-state index contributed by atoms with van der Waals surface area (Å²) in [5.74, 6) is 0.601. The zero-order valence-corrected chi connectivity index (χ0v) is 19.4. The summed E-state index contributed by atoms with van der Waals surface area (Å²) >= 11 is 0. The number of halogens is 1. The second-order valence-corrected chi connectivity index (χ2v) is 8.85. The molecule has 1 aliphatic carbocycles. The molecule has 1 aromatic carbocycles. The predicted molar refractivity (Wildman–Crippen MR) is 127 cm³/mol. The molecule has 0 saturated carbocycles. The molecule has 0 bridgehead atoms. The number of para-hydroxylation sites is 1. The van der Waals surface area contributed by atoms with Gasteiger partial charge in [-0.3, -0.25) is 4.79 Å². The lowest BCUT2D eigenvalue weighted by molar-refractivity contribution is -0.128. The van der Waals surface area contributed by atoms with E-state index in [1.807, 2.05) is 11.8 Å². The molecule has 0 radical (unpaired) electrons. The maximum absolute atomic E-state index is 13.7. The summed E-state index contributed by atoms with van der Waals surface area (Å²) in [5.41, 5.74) is 5.79. The number of allylic oxidation sites excluding steroid dienone is 5. The number of likely N-dealkylation sites (tertiary alicyclic amines) is 1. The van der Waals surface area contributed by atoms with Crippen molar-refractivity contribution in [3.8, 4) is 0 Å². The van der Waals surface area contributed by atoms with Gasteiger partial charge >= 0.3 is 0 Å². The molecule has 0 aromatic heterocycles. The third-order valence-corrected chi connectivity index (χ3v) is 6.65. The van der Waals surface area contributed by atoms with Crippen molar-refractivity contribution in [2.75, 3.05) is 31.1 Å². The number of ether oxygens (including phenoxy) is 1. The number of aryl methyl sites for hydroxylation is 1. The Hall–Kier alpha value is -2.82. The Morgan fingerprint density at radius 1 is 1.12 bits per heavy atom. The Morgan fingerprint density at radius 3 is 2.59 bits per heavy atom. The second-order valence-electron chi connectivity index (χ2n) is 8.85. The van der Waals surface area contributed by atoms with Crippen LogP contribution in [0.2, 0.25) is 0 Å². The molecule has 3 aliphatic rings. The number of piperidine rings is 1. The van der Waals surface area contributed by atoms with Gasteiger partial charge < -0.3 is 14.5 Å². The summed E-state index contributed by atoms with van der Waals surface area (Å²) in [7, 11) is 0. The Labute approximate surface area is 190 Å². The van der Waals surface area contributed by atoms with E-state index in [0.29, 0.717) is 43.4 Å². The fourth-order valence-corrected chi connectivity index (χ4v) is 4.89. The van der Waals surface area contributed by atoms with E-state index >= 15 is 0 Å². The van der Waals surface area contributed by atoms with Gasteiger partial charge in [0.05, 0.1) is 12.2 Å². The van der Waals surface area contributed by atoms with E-state index in [4.69, 9.17) is 4.74 Å². The van der Waals surface area contributed by atoms with Crippen LogP contribution in [0.1, 0.15) is 45.1 Å². The van der Waals surface area contributed by atoms with Gasteiger partial charge in [-0.15, -0.1) is 0 Å². The number of amides is 1. The number of rotatable bonds is 5. The lowest BCUT2D eigenvalue weighted by Gasteiger charge is -2.39. The van der Waals surface area contributed by atoms with Crippen LogP contribution in [-0.2, 0) is 9.53 Å².